The Kier molecular flexibility index (Phi) is 5.96. The molecule has 0 aliphatic rings. The van der Waals surface area contributed by atoms with Crippen molar-refractivity contribution in [1.29, 1.82) is 0 Å². The molecular formula is C22H21N3O5. The number of carbonyl (C=O) groups is 2. The van der Waals surface area contributed by atoms with E-state index in [1.807, 2.05) is 36.6 Å². The fraction of sp³-hybridized carbons (Fsp3) is 0.182. The summed E-state index contributed by atoms with van der Waals surface area (Å²) in [4.78, 5) is 35.1. The highest BCUT2D eigenvalue weighted by molar-refractivity contribution is 6.25. The van der Waals surface area contributed by atoms with Gasteiger partial charge in [-0.25, -0.2) is 0 Å². The lowest BCUT2D eigenvalue weighted by atomic mass is 10.1. The zero-order valence-corrected chi connectivity index (χ0v) is 16.8. The summed E-state index contributed by atoms with van der Waals surface area (Å²) in [7, 11) is 0. The fourth-order valence-corrected chi connectivity index (χ4v) is 3.12. The number of nitrogens with zero attached hydrogens (tertiary/aromatic N) is 2. The monoisotopic (exact) mass is 407 g/mol. The quantitative estimate of drug-likeness (QED) is 0.207. The lowest BCUT2D eigenvalue weighted by Gasteiger charge is -2.08. The topological polar surface area (TPSA) is 107 Å². The number of nitro groups is 1. The van der Waals surface area contributed by atoms with Crippen LogP contribution in [0.4, 0.5) is 11.4 Å². The Hall–Kier alpha value is -3.94. The summed E-state index contributed by atoms with van der Waals surface area (Å²) in [6.07, 6.45) is 3.17. The molecule has 1 amide bonds. The first kappa shape index (κ1) is 20.8. The van der Waals surface area contributed by atoms with Crippen LogP contribution in [0.25, 0.3) is 6.08 Å². The van der Waals surface area contributed by atoms with E-state index in [9.17, 15) is 19.7 Å². The Morgan fingerprint density at radius 1 is 1.20 bits per heavy atom. The molecule has 154 valence electrons. The highest BCUT2D eigenvalue weighted by atomic mass is 16.6. The number of rotatable bonds is 7. The third kappa shape index (κ3) is 4.54. The number of aryl methyl sites for hydroxylation is 1. The van der Waals surface area contributed by atoms with Crippen molar-refractivity contribution in [1.82, 2.24) is 4.57 Å². The summed E-state index contributed by atoms with van der Waals surface area (Å²) in [5, 5.41) is 13.4. The van der Waals surface area contributed by atoms with Gasteiger partial charge in [0.25, 0.3) is 11.6 Å². The lowest BCUT2D eigenvalue weighted by molar-refractivity contribution is -0.384. The van der Waals surface area contributed by atoms with E-state index in [4.69, 9.17) is 4.42 Å². The molecule has 0 atom stereocenters. The van der Waals surface area contributed by atoms with Gasteiger partial charge in [0.05, 0.1) is 23.3 Å². The molecule has 2 heterocycles. The highest BCUT2D eigenvalue weighted by Gasteiger charge is 2.18. The Morgan fingerprint density at radius 3 is 2.47 bits per heavy atom. The van der Waals surface area contributed by atoms with E-state index in [-0.39, 0.29) is 17.0 Å². The second-order valence-electron chi connectivity index (χ2n) is 6.86. The van der Waals surface area contributed by atoms with Crippen LogP contribution in [0.3, 0.4) is 0 Å². The molecule has 0 unspecified atom stereocenters. The van der Waals surface area contributed by atoms with Crippen molar-refractivity contribution in [3.8, 4) is 0 Å². The number of aromatic nitrogens is 1. The number of nitrogens with one attached hydrogen (secondary N) is 1. The predicted octanol–water partition coefficient (Wildman–Crippen LogP) is 4.27. The van der Waals surface area contributed by atoms with Gasteiger partial charge in [-0.2, -0.15) is 0 Å². The van der Waals surface area contributed by atoms with E-state index in [2.05, 4.69) is 5.32 Å². The number of anilines is 1. The molecule has 2 aromatic heterocycles. The van der Waals surface area contributed by atoms with Gasteiger partial charge in [0.15, 0.2) is 5.78 Å². The smallest absolute Gasteiger partial charge is 0.269 e. The molecular weight excluding hydrogens is 386 g/mol. The largest absolute Gasteiger partial charge is 0.467 e. The maximum Gasteiger partial charge on any atom is 0.269 e. The van der Waals surface area contributed by atoms with E-state index in [1.165, 1.54) is 31.2 Å². The summed E-state index contributed by atoms with van der Waals surface area (Å²) in [5.74, 6) is -0.160. The minimum Gasteiger partial charge on any atom is -0.467 e. The van der Waals surface area contributed by atoms with E-state index in [0.717, 1.165) is 22.7 Å². The van der Waals surface area contributed by atoms with Crippen LogP contribution in [0.5, 0.6) is 0 Å². The number of Topliss-reactive ketones (excluding diaryl/α,β-unsaturated/α-hetero) is 1. The first-order valence-electron chi connectivity index (χ1n) is 9.24. The molecule has 1 N–H and O–H groups in total. The molecule has 0 bridgehead atoms. The number of ketones is 1. The molecule has 0 fully saturated rings. The van der Waals surface area contributed by atoms with Crippen molar-refractivity contribution in [2.45, 2.75) is 27.3 Å². The van der Waals surface area contributed by atoms with Crippen LogP contribution >= 0.6 is 0 Å². The number of hydrogen-bond acceptors (Lipinski definition) is 5. The van der Waals surface area contributed by atoms with Crippen LogP contribution in [-0.2, 0) is 16.1 Å². The first-order valence-corrected chi connectivity index (χ1v) is 9.24. The Morgan fingerprint density at radius 2 is 1.90 bits per heavy atom. The maximum atomic E-state index is 12.7. The molecule has 3 rings (SSSR count). The van der Waals surface area contributed by atoms with E-state index in [0.29, 0.717) is 12.2 Å². The summed E-state index contributed by atoms with van der Waals surface area (Å²) < 4.78 is 7.45. The normalized spacial score (nSPS) is 11.4. The third-order valence-electron chi connectivity index (χ3n) is 4.77. The minimum absolute atomic E-state index is 0.00778. The van der Waals surface area contributed by atoms with Crippen molar-refractivity contribution in [3.05, 3.63) is 87.1 Å². The number of carbonyl (C=O) groups excluding carboxylic acids is 2. The zero-order chi connectivity index (χ0) is 21.8. The van der Waals surface area contributed by atoms with Gasteiger partial charge >= 0.3 is 0 Å². The zero-order valence-electron chi connectivity index (χ0n) is 16.8. The van der Waals surface area contributed by atoms with E-state index < -0.39 is 10.8 Å². The second-order valence-corrected chi connectivity index (χ2v) is 6.86. The van der Waals surface area contributed by atoms with Gasteiger partial charge in [-0.3, -0.25) is 19.7 Å². The number of nitro benzene ring substituents is 1. The average molecular weight is 407 g/mol. The number of furan rings is 1. The summed E-state index contributed by atoms with van der Waals surface area (Å²) in [6, 6.07) is 11.0. The van der Waals surface area contributed by atoms with Gasteiger partial charge in [0.1, 0.15) is 5.76 Å². The standard InChI is InChI=1S/C22H21N3O5/c1-14-11-17(15(2)24(14)13-20-5-4-10-30-20)12-21(16(3)26)22(27)23-18-6-8-19(9-7-18)25(28)29/h4-12H,13H2,1-3H3,(H,23,27). The van der Waals surface area contributed by atoms with Gasteiger partial charge in [0.2, 0.25) is 0 Å². The molecule has 0 radical (unpaired) electrons. The molecule has 8 nitrogen and oxygen atoms in total. The predicted molar refractivity (Wildman–Crippen MR) is 112 cm³/mol. The van der Waals surface area contributed by atoms with Crippen LogP contribution < -0.4 is 5.32 Å². The van der Waals surface area contributed by atoms with E-state index in [1.54, 1.807) is 12.3 Å². The van der Waals surface area contributed by atoms with Gasteiger partial charge in [-0.05, 0) is 62.7 Å². The van der Waals surface area contributed by atoms with Crippen molar-refractivity contribution in [2.24, 2.45) is 0 Å². The lowest BCUT2D eigenvalue weighted by Crippen LogP contribution is -2.19. The number of hydrogen-bond donors (Lipinski definition) is 1. The molecule has 1 aromatic carbocycles. The van der Waals surface area contributed by atoms with Crippen molar-refractivity contribution in [3.63, 3.8) is 0 Å². The SMILES string of the molecule is CC(=O)C(=Cc1cc(C)n(Cc2ccco2)c1C)C(=O)Nc1ccc([N+](=O)[O-])cc1. The average Bonchev–Trinajstić information content (AvgIpc) is 3.30. The van der Waals surface area contributed by atoms with Gasteiger partial charge in [-0.15, -0.1) is 0 Å². The van der Waals surface area contributed by atoms with Crippen LogP contribution in [0.15, 0.2) is 58.7 Å². The number of benzene rings is 1. The van der Waals surface area contributed by atoms with Crippen LogP contribution in [0.2, 0.25) is 0 Å². The minimum atomic E-state index is -0.577. The van der Waals surface area contributed by atoms with Crippen LogP contribution in [-0.4, -0.2) is 21.2 Å². The van der Waals surface area contributed by atoms with E-state index >= 15 is 0 Å². The highest BCUT2D eigenvalue weighted by Crippen LogP contribution is 2.22. The Balaban J connectivity index is 1.86. The summed E-state index contributed by atoms with van der Waals surface area (Å²) in [6.45, 7) is 5.72. The molecule has 0 saturated heterocycles. The van der Waals surface area contributed by atoms with Gasteiger partial charge < -0.3 is 14.3 Å². The van der Waals surface area contributed by atoms with Crippen molar-refractivity contribution in [2.75, 3.05) is 5.32 Å². The third-order valence-corrected chi connectivity index (χ3v) is 4.77. The maximum absolute atomic E-state index is 12.7. The summed E-state index contributed by atoms with van der Waals surface area (Å²) >= 11 is 0. The molecule has 30 heavy (non-hydrogen) atoms. The second kappa shape index (κ2) is 8.60. The molecule has 0 saturated carbocycles. The Bertz CT molecular complexity index is 1120. The molecule has 0 aliphatic carbocycles. The molecule has 0 spiro atoms. The Labute approximate surface area is 173 Å². The van der Waals surface area contributed by atoms with Crippen LogP contribution in [0, 0.1) is 24.0 Å². The first-order chi connectivity index (χ1) is 14.3. The van der Waals surface area contributed by atoms with Crippen molar-refractivity contribution < 1.29 is 18.9 Å². The van der Waals surface area contributed by atoms with Crippen LogP contribution in [0.1, 0.15) is 29.6 Å². The number of amides is 1. The number of non-ortho nitro benzene ring substituents is 1. The van der Waals surface area contributed by atoms with Crippen molar-refractivity contribution >= 4 is 29.1 Å². The summed E-state index contributed by atoms with van der Waals surface area (Å²) in [5.41, 5.74) is 2.88. The molecule has 0 aliphatic heterocycles. The molecule has 8 heteroatoms. The van der Waals surface area contributed by atoms with Gasteiger partial charge in [0, 0.05) is 29.2 Å². The molecule has 3 aromatic rings. The van der Waals surface area contributed by atoms with Gasteiger partial charge in [-0.1, -0.05) is 0 Å². The fourth-order valence-electron chi connectivity index (χ4n) is 3.12.